The van der Waals surface area contributed by atoms with Crippen molar-refractivity contribution >= 4 is 28.1 Å². The van der Waals surface area contributed by atoms with Crippen LogP contribution in [0, 0.1) is 17.2 Å². The molecule has 9 nitrogen and oxygen atoms in total. The highest BCUT2D eigenvalue weighted by Crippen LogP contribution is 2.31. The number of nitrogens with zero attached hydrogens (tertiary/aromatic N) is 5. The number of carbonyl (C=O) groups is 1. The molecule has 3 aromatic heterocycles. The molecule has 2 N–H and O–H groups in total. The lowest BCUT2D eigenvalue weighted by atomic mass is 9.93. The van der Waals surface area contributed by atoms with Crippen LogP contribution in [0.4, 0.5) is 0 Å². The van der Waals surface area contributed by atoms with Crippen molar-refractivity contribution in [1.29, 1.82) is 5.26 Å². The average Bonchev–Trinajstić information content (AvgIpc) is 3.18. The van der Waals surface area contributed by atoms with Crippen LogP contribution in [0.15, 0.2) is 17.1 Å². The van der Waals surface area contributed by atoms with Gasteiger partial charge in [0.2, 0.25) is 5.91 Å². The number of nitrogens with one attached hydrogen (secondary N) is 2. The standard InChI is InChI=1S/C16H17N7O2/c1-9-4-7-22(12(24)2-5-17)8-11(9)23-13-10-3-6-18-14(10)20-21-15(13)19-16(23)25/h3,6,9,11H,2,4,7-8H2,1H3,(H,18,20)(H,19,21,25). The van der Waals surface area contributed by atoms with E-state index in [1.807, 2.05) is 12.1 Å². The molecule has 0 bridgehead atoms. The van der Waals surface area contributed by atoms with E-state index in [4.69, 9.17) is 5.26 Å². The lowest BCUT2D eigenvalue weighted by Crippen LogP contribution is -2.45. The number of aromatic amines is 2. The number of H-pyrrole nitrogens is 2. The molecule has 4 heterocycles. The minimum atomic E-state index is -0.260. The van der Waals surface area contributed by atoms with E-state index in [2.05, 4.69) is 27.1 Å². The van der Waals surface area contributed by atoms with Gasteiger partial charge in [-0.05, 0) is 18.4 Å². The zero-order valence-corrected chi connectivity index (χ0v) is 13.7. The predicted octanol–water partition coefficient (Wildman–Crippen LogP) is 0.924. The van der Waals surface area contributed by atoms with E-state index in [-0.39, 0.29) is 30.0 Å². The van der Waals surface area contributed by atoms with Gasteiger partial charge in [-0.2, -0.15) is 5.26 Å². The Balaban J connectivity index is 1.84. The lowest BCUT2D eigenvalue weighted by molar-refractivity contribution is -0.132. The molecule has 1 aliphatic heterocycles. The van der Waals surface area contributed by atoms with Crippen LogP contribution in [0.2, 0.25) is 0 Å². The van der Waals surface area contributed by atoms with Crippen molar-refractivity contribution in [3.8, 4) is 6.07 Å². The minimum absolute atomic E-state index is 0.141. The Labute approximate surface area is 142 Å². The summed E-state index contributed by atoms with van der Waals surface area (Å²) in [6, 6.07) is 3.58. The van der Waals surface area contributed by atoms with Crippen LogP contribution in [-0.4, -0.2) is 48.6 Å². The van der Waals surface area contributed by atoms with Crippen LogP contribution >= 0.6 is 0 Å². The molecule has 1 saturated heterocycles. The van der Waals surface area contributed by atoms with Crippen molar-refractivity contribution in [3.63, 3.8) is 0 Å². The van der Waals surface area contributed by atoms with Gasteiger partial charge in [0.15, 0.2) is 11.3 Å². The number of likely N-dealkylation sites (tertiary alicyclic amines) is 1. The molecule has 4 rings (SSSR count). The molecule has 1 fully saturated rings. The van der Waals surface area contributed by atoms with Crippen molar-refractivity contribution < 1.29 is 4.79 Å². The maximum Gasteiger partial charge on any atom is 0.328 e. The van der Waals surface area contributed by atoms with Gasteiger partial charge in [0.25, 0.3) is 0 Å². The third kappa shape index (κ3) is 2.38. The number of amides is 1. The molecule has 1 aliphatic rings. The van der Waals surface area contributed by atoms with Crippen LogP contribution in [-0.2, 0) is 4.79 Å². The highest BCUT2D eigenvalue weighted by atomic mass is 16.2. The van der Waals surface area contributed by atoms with Gasteiger partial charge >= 0.3 is 5.69 Å². The summed E-state index contributed by atoms with van der Waals surface area (Å²) in [7, 11) is 0. The number of hydrogen-bond acceptors (Lipinski definition) is 5. The number of rotatable bonds is 2. The third-order valence-corrected chi connectivity index (χ3v) is 4.97. The summed E-state index contributed by atoms with van der Waals surface area (Å²) in [5.74, 6) is 0.0175. The number of nitriles is 1. The first-order valence-electron chi connectivity index (χ1n) is 8.19. The molecule has 128 valence electrons. The zero-order valence-electron chi connectivity index (χ0n) is 13.7. The highest BCUT2D eigenvalue weighted by molar-refractivity contribution is 5.99. The third-order valence-electron chi connectivity index (χ3n) is 4.97. The maximum absolute atomic E-state index is 12.6. The predicted molar refractivity (Wildman–Crippen MR) is 89.6 cm³/mol. The van der Waals surface area contributed by atoms with Crippen LogP contribution in [0.25, 0.3) is 22.2 Å². The number of piperidine rings is 1. The molecule has 2 atom stereocenters. The van der Waals surface area contributed by atoms with Gasteiger partial charge in [0.1, 0.15) is 11.9 Å². The van der Waals surface area contributed by atoms with Gasteiger partial charge in [-0.25, -0.2) is 4.79 Å². The van der Waals surface area contributed by atoms with E-state index in [0.717, 1.165) is 11.8 Å². The molecule has 0 radical (unpaired) electrons. The highest BCUT2D eigenvalue weighted by Gasteiger charge is 2.32. The fraction of sp³-hybridized carbons (Fsp3) is 0.438. The van der Waals surface area contributed by atoms with Crippen LogP contribution in [0.3, 0.4) is 0 Å². The molecule has 3 aromatic rings. The van der Waals surface area contributed by atoms with Crippen molar-refractivity contribution in [1.82, 2.24) is 29.6 Å². The van der Waals surface area contributed by atoms with E-state index in [1.54, 1.807) is 15.7 Å². The van der Waals surface area contributed by atoms with Gasteiger partial charge in [0, 0.05) is 24.7 Å². The second kappa shape index (κ2) is 5.73. The number of carbonyl (C=O) groups excluding carboxylic acids is 1. The van der Waals surface area contributed by atoms with Crippen molar-refractivity contribution in [2.75, 3.05) is 13.1 Å². The van der Waals surface area contributed by atoms with Gasteiger partial charge < -0.3 is 9.88 Å². The minimum Gasteiger partial charge on any atom is -0.345 e. The van der Waals surface area contributed by atoms with E-state index < -0.39 is 0 Å². The van der Waals surface area contributed by atoms with E-state index >= 15 is 0 Å². The summed E-state index contributed by atoms with van der Waals surface area (Å²) in [4.78, 5) is 32.2. The average molecular weight is 339 g/mol. The van der Waals surface area contributed by atoms with Crippen LogP contribution < -0.4 is 5.69 Å². The Bertz CT molecular complexity index is 1050. The van der Waals surface area contributed by atoms with Gasteiger partial charge in [-0.1, -0.05) is 6.92 Å². The molecule has 1 amide bonds. The van der Waals surface area contributed by atoms with Crippen molar-refractivity contribution in [2.45, 2.75) is 25.8 Å². The van der Waals surface area contributed by atoms with Gasteiger partial charge in [-0.15, -0.1) is 10.2 Å². The molecule has 2 unspecified atom stereocenters. The summed E-state index contributed by atoms with van der Waals surface area (Å²) in [5.41, 5.74) is 1.48. The fourth-order valence-electron chi connectivity index (χ4n) is 3.61. The molecule has 25 heavy (non-hydrogen) atoms. The first kappa shape index (κ1) is 15.4. The summed E-state index contributed by atoms with van der Waals surface area (Å²) >= 11 is 0. The number of hydrogen-bond donors (Lipinski definition) is 2. The number of fused-ring (bicyclic) bond motifs is 3. The van der Waals surface area contributed by atoms with Crippen molar-refractivity contribution in [2.24, 2.45) is 5.92 Å². The molecular formula is C16H17N7O2. The number of imidazole rings is 1. The molecule has 0 saturated carbocycles. The second-order valence-electron chi connectivity index (χ2n) is 6.45. The topological polar surface area (TPSA) is 123 Å². The normalized spacial score (nSPS) is 20.9. The Morgan fingerprint density at radius 2 is 2.24 bits per heavy atom. The Morgan fingerprint density at radius 1 is 1.44 bits per heavy atom. The first-order chi connectivity index (χ1) is 12.1. The van der Waals surface area contributed by atoms with E-state index in [1.165, 1.54) is 0 Å². The van der Waals surface area contributed by atoms with Crippen LogP contribution in [0.1, 0.15) is 25.8 Å². The Morgan fingerprint density at radius 3 is 3.04 bits per heavy atom. The SMILES string of the molecule is CC1CCN(C(=O)CC#N)CC1n1c(=O)[nH]c2nnc3[nH]ccc3c21. The van der Waals surface area contributed by atoms with E-state index in [9.17, 15) is 9.59 Å². The van der Waals surface area contributed by atoms with Crippen molar-refractivity contribution in [3.05, 3.63) is 22.7 Å². The number of aromatic nitrogens is 5. The lowest BCUT2D eigenvalue weighted by Gasteiger charge is -2.37. The zero-order chi connectivity index (χ0) is 17.6. The fourth-order valence-corrected chi connectivity index (χ4v) is 3.61. The van der Waals surface area contributed by atoms with Gasteiger partial charge in [-0.3, -0.25) is 14.3 Å². The molecule has 0 spiro atoms. The maximum atomic E-state index is 12.6. The van der Waals surface area contributed by atoms with E-state index in [0.29, 0.717) is 29.9 Å². The smallest absolute Gasteiger partial charge is 0.328 e. The molecular weight excluding hydrogens is 322 g/mol. The Hall–Kier alpha value is -3.15. The largest absolute Gasteiger partial charge is 0.345 e. The summed E-state index contributed by atoms with van der Waals surface area (Å²) in [6.07, 6.45) is 2.39. The summed E-state index contributed by atoms with van der Waals surface area (Å²) in [6.45, 7) is 3.09. The van der Waals surface area contributed by atoms with Crippen LogP contribution in [0.5, 0.6) is 0 Å². The molecule has 0 aliphatic carbocycles. The molecule has 0 aromatic carbocycles. The Kier molecular flexibility index (Phi) is 3.53. The second-order valence-corrected chi connectivity index (χ2v) is 6.45. The quantitative estimate of drug-likeness (QED) is 0.718. The first-order valence-corrected chi connectivity index (χ1v) is 8.19. The summed E-state index contributed by atoms with van der Waals surface area (Å²) in [5, 5.41) is 17.7. The molecule has 9 heteroatoms. The summed E-state index contributed by atoms with van der Waals surface area (Å²) < 4.78 is 1.69. The monoisotopic (exact) mass is 339 g/mol. The van der Waals surface area contributed by atoms with Gasteiger partial charge in [0.05, 0.1) is 12.1 Å².